The van der Waals surface area contributed by atoms with Crippen molar-refractivity contribution in [2.24, 2.45) is 7.05 Å². The molecule has 1 N–H and O–H groups in total. The summed E-state index contributed by atoms with van der Waals surface area (Å²) in [5.41, 5.74) is 4.77. The Kier molecular flexibility index (Phi) is 5.52. The molecule has 3 aromatic rings. The molecule has 0 radical (unpaired) electrons. The van der Waals surface area contributed by atoms with Crippen LogP contribution in [0.2, 0.25) is 0 Å². The van der Waals surface area contributed by atoms with Crippen LogP contribution in [0.5, 0.6) is 0 Å². The summed E-state index contributed by atoms with van der Waals surface area (Å²) in [7, 11) is 1.55. The molecular weight excluding hydrogens is 360 g/mol. The third kappa shape index (κ3) is 4.12. The number of H-pyrrole nitrogens is 1. The minimum absolute atomic E-state index is 0.171. The van der Waals surface area contributed by atoms with E-state index in [0.717, 1.165) is 42.5 Å². The number of rotatable bonds is 4. The zero-order valence-electron chi connectivity index (χ0n) is 17.2. The van der Waals surface area contributed by atoms with E-state index in [2.05, 4.69) is 54.4 Å². The molecule has 1 heterocycles. The smallest absolute Gasteiger partial charge is 0.310 e. The molecule has 1 aromatic heterocycles. The third-order valence-corrected chi connectivity index (χ3v) is 6.30. The third-order valence-electron chi connectivity index (χ3n) is 6.30. The minimum Gasteiger partial charge on any atom is -0.310 e. The van der Waals surface area contributed by atoms with Crippen molar-refractivity contribution in [2.45, 2.75) is 50.9 Å². The van der Waals surface area contributed by atoms with Gasteiger partial charge in [0.1, 0.15) is 0 Å². The molecule has 29 heavy (non-hydrogen) atoms. The van der Waals surface area contributed by atoms with Crippen LogP contribution in [-0.2, 0) is 13.5 Å². The van der Waals surface area contributed by atoms with Gasteiger partial charge in [-0.25, -0.2) is 4.79 Å². The summed E-state index contributed by atoms with van der Waals surface area (Å²) < 4.78 is 1.20. The Bertz CT molecular complexity index is 1100. The van der Waals surface area contributed by atoms with Gasteiger partial charge >= 0.3 is 5.69 Å². The van der Waals surface area contributed by atoms with Crippen LogP contribution >= 0.6 is 0 Å². The second-order valence-electron chi connectivity index (χ2n) is 8.31. The maximum absolute atomic E-state index is 13.0. The number of aryl methyl sites for hydroxylation is 1. The van der Waals surface area contributed by atoms with Gasteiger partial charge in [0.15, 0.2) is 0 Å². The van der Waals surface area contributed by atoms with Gasteiger partial charge in [-0.15, -0.1) is 0 Å². The van der Waals surface area contributed by atoms with E-state index in [1.807, 2.05) is 12.1 Å². The van der Waals surface area contributed by atoms with E-state index in [4.69, 9.17) is 0 Å². The number of benzene rings is 2. The van der Waals surface area contributed by atoms with Crippen molar-refractivity contribution in [3.05, 3.63) is 103 Å². The van der Waals surface area contributed by atoms with Gasteiger partial charge < -0.3 is 4.98 Å². The van der Waals surface area contributed by atoms with Gasteiger partial charge in [0.25, 0.3) is 5.56 Å². The molecule has 1 saturated carbocycles. The fourth-order valence-electron chi connectivity index (χ4n) is 4.67. The summed E-state index contributed by atoms with van der Waals surface area (Å²) in [5.74, 6) is 0.794. The van der Waals surface area contributed by atoms with E-state index in [1.165, 1.54) is 15.7 Å². The molecule has 4 nitrogen and oxygen atoms in total. The van der Waals surface area contributed by atoms with Crippen molar-refractivity contribution >= 4 is 0 Å². The lowest BCUT2D eigenvalue weighted by atomic mass is 9.76. The van der Waals surface area contributed by atoms with Crippen LogP contribution in [0.1, 0.15) is 65.5 Å². The second kappa shape index (κ2) is 8.24. The van der Waals surface area contributed by atoms with Crippen LogP contribution in [0.25, 0.3) is 0 Å². The summed E-state index contributed by atoms with van der Waals surface area (Å²) in [6.45, 7) is 2.06. The number of aromatic amines is 1. The minimum atomic E-state index is -0.317. The van der Waals surface area contributed by atoms with Gasteiger partial charge in [-0.1, -0.05) is 60.2 Å². The standard InChI is InChI=1S/C25H28N2O2/c1-17-7-6-8-18(15-17)16-22-23(26-25(29)27(2)24(22)28)21-13-11-20(12-14-21)19-9-4-3-5-10-19/h3-10,15,20-21H,11-14,16H2,1-2H3,(H,26,29)/t20-,21-. The number of aromatic nitrogens is 2. The normalized spacial score (nSPS) is 19.2. The number of nitrogens with one attached hydrogen (secondary N) is 1. The van der Waals surface area contributed by atoms with Gasteiger partial charge in [0.2, 0.25) is 0 Å². The fraction of sp³-hybridized carbons (Fsp3) is 0.360. The first-order valence-electron chi connectivity index (χ1n) is 10.5. The van der Waals surface area contributed by atoms with E-state index in [0.29, 0.717) is 12.3 Å². The number of nitrogens with zero attached hydrogens (tertiary/aromatic N) is 1. The summed E-state index contributed by atoms with van der Waals surface area (Å²) in [6, 6.07) is 18.9. The van der Waals surface area contributed by atoms with Crippen molar-refractivity contribution in [3.8, 4) is 0 Å². The molecule has 4 rings (SSSR count). The van der Waals surface area contributed by atoms with E-state index in [9.17, 15) is 9.59 Å². The zero-order valence-corrected chi connectivity index (χ0v) is 17.2. The molecule has 150 valence electrons. The largest absolute Gasteiger partial charge is 0.328 e. The Morgan fingerprint density at radius 1 is 0.931 bits per heavy atom. The van der Waals surface area contributed by atoms with Crippen LogP contribution in [0.3, 0.4) is 0 Å². The van der Waals surface area contributed by atoms with E-state index in [1.54, 1.807) is 7.05 Å². The quantitative estimate of drug-likeness (QED) is 0.720. The summed E-state index contributed by atoms with van der Waals surface area (Å²) in [6.07, 6.45) is 4.69. The van der Waals surface area contributed by atoms with Crippen molar-refractivity contribution in [2.75, 3.05) is 0 Å². The lowest BCUT2D eigenvalue weighted by Crippen LogP contribution is -2.37. The lowest BCUT2D eigenvalue weighted by Gasteiger charge is -2.30. The van der Waals surface area contributed by atoms with Crippen molar-refractivity contribution in [3.63, 3.8) is 0 Å². The van der Waals surface area contributed by atoms with Crippen molar-refractivity contribution < 1.29 is 0 Å². The Labute approximate surface area is 171 Å². The van der Waals surface area contributed by atoms with E-state index in [-0.39, 0.29) is 17.2 Å². The molecule has 1 aliphatic rings. The topological polar surface area (TPSA) is 54.9 Å². The van der Waals surface area contributed by atoms with E-state index >= 15 is 0 Å². The molecule has 1 aliphatic carbocycles. The van der Waals surface area contributed by atoms with Gasteiger partial charge in [0, 0.05) is 24.7 Å². The van der Waals surface area contributed by atoms with Gasteiger partial charge in [-0.2, -0.15) is 0 Å². The molecule has 0 spiro atoms. The molecule has 0 atom stereocenters. The monoisotopic (exact) mass is 388 g/mol. The molecule has 2 aromatic carbocycles. The van der Waals surface area contributed by atoms with Crippen LogP contribution in [0, 0.1) is 6.92 Å². The highest BCUT2D eigenvalue weighted by Gasteiger charge is 2.27. The predicted molar refractivity (Wildman–Crippen MR) is 117 cm³/mol. The van der Waals surface area contributed by atoms with Gasteiger partial charge in [0.05, 0.1) is 0 Å². The van der Waals surface area contributed by atoms with Gasteiger partial charge in [-0.3, -0.25) is 9.36 Å². The molecular formula is C25H28N2O2. The number of hydrogen-bond donors (Lipinski definition) is 1. The molecule has 0 amide bonds. The zero-order chi connectivity index (χ0) is 20.4. The first-order chi connectivity index (χ1) is 14.0. The molecule has 0 unspecified atom stereocenters. The molecule has 1 fully saturated rings. The Balaban J connectivity index is 1.63. The molecule has 4 heteroatoms. The fourth-order valence-corrected chi connectivity index (χ4v) is 4.67. The highest BCUT2D eigenvalue weighted by molar-refractivity contribution is 5.32. The maximum atomic E-state index is 13.0. The summed E-state index contributed by atoms with van der Waals surface area (Å²) in [4.78, 5) is 28.4. The van der Waals surface area contributed by atoms with Crippen LogP contribution < -0.4 is 11.2 Å². The summed E-state index contributed by atoms with van der Waals surface area (Å²) >= 11 is 0. The van der Waals surface area contributed by atoms with Crippen LogP contribution in [0.4, 0.5) is 0 Å². The Morgan fingerprint density at radius 3 is 2.31 bits per heavy atom. The van der Waals surface area contributed by atoms with Crippen LogP contribution in [-0.4, -0.2) is 9.55 Å². The number of hydrogen-bond acceptors (Lipinski definition) is 2. The highest BCUT2D eigenvalue weighted by Crippen LogP contribution is 2.40. The Hall–Kier alpha value is -2.88. The highest BCUT2D eigenvalue weighted by atomic mass is 16.2. The molecule has 0 aliphatic heterocycles. The predicted octanol–water partition coefficient (Wildman–Crippen LogP) is 4.41. The molecule has 0 bridgehead atoms. The van der Waals surface area contributed by atoms with Crippen molar-refractivity contribution in [1.29, 1.82) is 0 Å². The van der Waals surface area contributed by atoms with Crippen LogP contribution in [0.15, 0.2) is 64.2 Å². The van der Waals surface area contributed by atoms with E-state index < -0.39 is 0 Å². The van der Waals surface area contributed by atoms with Crippen molar-refractivity contribution in [1.82, 2.24) is 9.55 Å². The average Bonchev–Trinajstić information content (AvgIpc) is 2.75. The SMILES string of the molecule is Cc1cccc(Cc2c(=O)n(C)c(=O)[nH]c2[C@H]2CC[C@H](c3ccccc3)CC2)c1. The summed E-state index contributed by atoms with van der Waals surface area (Å²) in [5, 5.41) is 0. The maximum Gasteiger partial charge on any atom is 0.328 e. The lowest BCUT2D eigenvalue weighted by molar-refractivity contribution is 0.387. The average molecular weight is 389 g/mol. The van der Waals surface area contributed by atoms with Gasteiger partial charge in [-0.05, 0) is 55.6 Å². The molecule has 0 saturated heterocycles. The first kappa shape index (κ1) is 19.4. The first-order valence-corrected chi connectivity index (χ1v) is 10.5. The Morgan fingerprint density at radius 2 is 1.62 bits per heavy atom. The second-order valence-corrected chi connectivity index (χ2v) is 8.31.